The zero-order valence-corrected chi connectivity index (χ0v) is 8.52. The second-order valence-corrected chi connectivity index (χ2v) is 3.45. The van der Waals surface area contributed by atoms with Crippen LogP contribution in [-0.4, -0.2) is 11.6 Å². The summed E-state index contributed by atoms with van der Waals surface area (Å²) in [5.41, 5.74) is 6.75. The van der Waals surface area contributed by atoms with Crippen LogP contribution in [0.1, 0.15) is 12.8 Å². The van der Waals surface area contributed by atoms with E-state index in [4.69, 9.17) is 10.5 Å². The van der Waals surface area contributed by atoms with Crippen molar-refractivity contribution in [3.63, 3.8) is 0 Å². The Hall–Kier alpha value is -1.77. The maximum Gasteiger partial charge on any atom is 0.215 e. The number of nitrogen functional groups attached to an aromatic ring is 1. The SMILES string of the molecule is Nc1cccc(OCC2=CCCC=C2)n1. The first kappa shape index (κ1) is 9.77. The van der Waals surface area contributed by atoms with Gasteiger partial charge in [0.2, 0.25) is 5.88 Å². The summed E-state index contributed by atoms with van der Waals surface area (Å²) in [7, 11) is 0. The number of allylic oxidation sites excluding steroid dienone is 2. The molecule has 0 saturated heterocycles. The minimum Gasteiger partial charge on any atom is -0.473 e. The van der Waals surface area contributed by atoms with Gasteiger partial charge in [-0.15, -0.1) is 0 Å². The molecular weight excluding hydrogens is 188 g/mol. The third-order valence-corrected chi connectivity index (χ3v) is 2.20. The van der Waals surface area contributed by atoms with E-state index in [1.165, 1.54) is 5.57 Å². The number of ether oxygens (including phenoxy) is 1. The molecule has 0 amide bonds. The molecule has 0 spiro atoms. The van der Waals surface area contributed by atoms with Gasteiger partial charge in [-0.2, -0.15) is 4.98 Å². The van der Waals surface area contributed by atoms with Crippen LogP contribution in [0, 0.1) is 0 Å². The van der Waals surface area contributed by atoms with E-state index in [2.05, 4.69) is 23.2 Å². The van der Waals surface area contributed by atoms with Crippen LogP contribution < -0.4 is 10.5 Å². The van der Waals surface area contributed by atoms with Crippen LogP contribution in [0.3, 0.4) is 0 Å². The molecule has 1 aliphatic rings. The topological polar surface area (TPSA) is 48.1 Å². The first-order chi connectivity index (χ1) is 7.34. The molecule has 2 N–H and O–H groups in total. The Balaban J connectivity index is 1.93. The van der Waals surface area contributed by atoms with E-state index in [1.807, 2.05) is 12.1 Å². The number of nitrogens with zero attached hydrogens (tertiary/aromatic N) is 1. The third kappa shape index (κ3) is 2.84. The van der Waals surface area contributed by atoms with Gasteiger partial charge < -0.3 is 10.5 Å². The molecule has 0 atom stereocenters. The molecular formula is C12H14N2O. The fourth-order valence-corrected chi connectivity index (χ4v) is 1.44. The lowest BCUT2D eigenvalue weighted by Crippen LogP contribution is -2.03. The van der Waals surface area contributed by atoms with Crippen LogP contribution in [0.15, 0.2) is 42.0 Å². The van der Waals surface area contributed by atoms with E-state index in [0.29, 0.717) is 18.3 Å². The van der Waals surface area contributed by atoms with Gasteiger partial charge in [-0.05, 0) is 24.5 Å². The maximum atomic E-state index is 5.55. The van der Waals surface area contributed by atoms with Crippen LogP contribution in [-0.2, 0) is 0 Å². The molecule has 0 bridgehead atoms. The Morgan fingerprint density at radius 1 is 1.33 bits per heavy atom. The lowest BCUT2D eigenvalue weighted by molar-refractivity contribution is 0.341. The molecule has 3 heteroatoms. The summed E-state index contributed by atoms with van der Waals surface area (Å²) in [6.45, 7) is 0.562. The summed E-state index contributed by atoms with van der Waals surface area (Å²) in [5.74, 6) is 1.07. The van der Waals surface area contributed by atoms with E-state index >= 15 is 0 Å². The molecule has 0 aromatic carbocycles. The number of hydrogen-bond acceptors (Lipinski definition) is 3. The van der Waals surface area contributed by atoms with Gasteiger partial charge in [0.1, 0.15) is 12.4 Å². The number of aromatic nitrogens is 1. The predicted molar refractivity (Wildman–Crippen MR) is 60.6 cm³/mol. The molecule has 1 aliphatic carbocycles. The first-order valence-electron chi connectivity index (χ1n) is 5.05. The zero-order valence-electron chi connectivity index (χ0n) is 8.52. The molecule has 1 aromatic heterocycles. The number of anilines is 1. The van der Waals surface area contributed by atoms with Gasteiger partial charge >= 0.3 is 0 Å². The van der Waals surface area contributed by atoms with Crippen molar-refractivity contribution in [1.29, 1.82) is 0 Å². The van der Waals surface area contributed by atoms with E-state index < -0.39 is 0 Å². The summed E-state index contributed by atoms with van der Waals surface area (Å²) < 4.78 is 5.52. The van der Waals surface area contributed by atoms with Gasteiger partial charge in [0.25, 0.3) is 0 Å². The fourth-order valence-electron chi connectivity index (χ4n) is 1.44. The second-order valence-electron chi connectivity index (χ2n) is 3.45. The Labute approximate surface area is 89.3 Å². The Bertz CT molecular complexity index is 396. The Morgan fingerprint density at radius 3 is 3.00 bits per heavy atom. The molecule has 2 rings (SSSR count). The van der Waals surface area contributed by atoms with Crippen molar-refractivity contribution in [2.45, 2.75) is 12.8 Å². The minimum atomic E-state index is 0.487. The first-order valence-corrected chi connectivity index (χ1v) is 5.05. The highest BCUT2D eigenvalue weighted by Gasteiger charge is 2.00. The molecule has 0 saturated carbocycles. The average molecular weight is 202 g/mol. The molecule has 3 nitrogen and oxygen atoms in total. The van der Waals surface area contributed by atoms with E-state index in [1.54, 1.807) is 6.07 Å². The normalized spacial score (nSPS) is 14.8. The summed E-state index contributed by atoms with van der Waals surface area (Å²) in [5, 5.41) is 0. The summed E-state index contributed by atoms with van der Waals surface area (Å²) in [6, 6.07) is 5.39. The number of pyridine rings is 1. The lowest BCUT2D eigenvalue weighted by atomic mass is 10.1. The van der Waals surface area contributed by atoms with Gasteiger partial charge in [0.15, 0.2) is 0 Å². The standard InChI is InChI=1S/C12H14N2O/c13-11-7-4-8-12(14-11)15-9-10-5-2-1-3-6-10/h2,4-8H,1,3,9H2,(H2,13,14). The number of nitrogens with two attached hydrogens (primary N) is 1. The van der Waals surface area contributed by atoms with E-state index in [0.717, 1.165) is 12.8 Å². The molecule has 0 fully saturated rings. The van der Waals surface area contributed by atoms with Crippen molar-refractivity contribution in [3.8, 4) is 5.88 Å². The van der Waals surface area contributed by atoms with Gasteiger partial charge in [-0.25, -0.2) is 0 Å². The molecule has 78 valence electrons. The highest BCUT2D eigenvalue weighted by Crippen LogP contribution is 2.13. The van der Waals surface area contributed by atoms with Crippen LogP contribution in [0.25, 0.3) is 0 Å². The third-order valence-electron chi connectivity index (χ3n) is 2.20. The van der Waals surface area contributed by atoms with Crippen molar-refractivity contribution in [2.75, 3.05) is 12.3 Å². The fraction of sp³-hybridized carbons (Fsp3) is 0.250. The van der Waals surface area contributed by atoms with Crippen molar-refractivity contribution >= 4 is 5.82 Å². The second kappa shape index (κ2) is 4.64. The molecule has 15 heavy (non-hydrogen) atoms. The Morgan fingerprint density at radius 2 is 2.27 bits per heavy atom. The minimum absolute atomic E-state index is 0.487. The Kier molecular flexibility index (Phi) is 3.02. The predicted octanol–water partition coefficient (Wildman–Crippen LogP) is 2.32. The van der Waals surface area contributed by atoms with Crippen molar-refractivity contribution in [1.82, 2.24) is 4.98 Å². The van der Waals surface area contributed by atoms with Crippen LogP contribution >= 0.6 is 0 Å². The maximum absolute atomic E-state index is 5.55. The quantitative estimate of drug-likeness (QED) is 0.818. The summed E-state index contributed by atoms with van der Waals surface area (Å²) in [4.78, 5) is 4.06. The molecule has 1 heterocycles. The van der Waals surface area contributed by atoms with Crippen molar-refractivity contribution < 1.29 is 4.74 Å². The molecule has 1 aromatic rings. The van der Waals surface area contributed by atoms with Crippen molar-refractivity contribution in [3.05, 3.63) is 42.0 Å². The molecule has 0 aliphatic heterocycles. The van der Waals surface area contributed by atoms with Crippen molar-refractivity contribution in [2.24, 2.45) is 0 Å². The summed E-state index contributed by atoms with van der Waals surface area (Å²) >= 11 is 0. The number of hydrogen-bond donors (Lipinski definition) is 1. The van der Waals surface area contributed by atoms with Gasteiger partial charge in [0, 0.05) is 6.07 Å². The number of rotatable bonds is 3. The lowest BCUT2D eigenvalue weighted by Gasteiger charge is -2.08. The van der Waals surface area contributed by atoms with Gasteiger partial charge in [-0.3, -0.25) is 0 Å². The zero-order chi connectivity index (χ0) is 10.5. The van der Waals surface area contributed by atoms with Gasteiger partial charge in [0.05, 0.1) is 0 Å². The molecule has 0 unspecified atom stereocenters. The largest absolute Gasteiger partial charge is 0.473 e. The summed E-state index contributed by atoms with van der Waals surface area (Å²) in [6.07, 6.45) is 8.66. The average Bonchev–Trinajstić information content (AvgIpc) is 2.28. The van der Waals surface area contributed by atoms with Crippen LogP contribution in [0.5, 0.6) is 5.88 Å². The monoisotopic (exact) mass is 202 g/mol. The van der Waals surface area contributed by atoms with Gasteiger partial charge in [-0.1, -0.05) is 24.3 Å². The smallest absolute Gasteiger partial charge is 0.215 e. The molecule has 0 radical (unpaired) electrons. The van der Waals surface area contributed by atoms with Crippen LogP contribution in [0.4, 0.5) is 5.82 Å². The highest BCUT2D eigenvalue weighted by molar-refractivity contribution is 5.31. The van der Waals surface area contributed by atoms with E-state index in [-0.39, 0.29) is 0 Å². The van der Waals surface area contributed by atoms with Crippen LogP contribution in [0.2, 0.25) is 0 Å². The van der Waals surface area contributed by atoms with E-state index in [9.17, 15) is 0 Å². The highest BCUT2D eigenvalue weighted by atomic mass is 16.5.